The molecule has 1 N–H and O–H groups in total. The van der Waals surface area contributed by atoms with Gasteiger partial charge >= 0.3 is 5.97 Å². The van der Waals surface area contributed by atoms with Crippen LogP contribution in [0.4, 0.5) is 5.69 Å². The number of carbonyl (C=O) groups is 1. The maximum atomic E-state index is 12.4. The second-order valence-corrected chi connectivity index (χ2v) is 6.44. The molecule has 6 nitrogen and oxygen atoms in total. The van der Waals surface area contributed by atoms with Crippen molar-refractivity contribution in [3.05, 3.63) is 60.8 Å². The average molecular weight is 381 g/mol. The molecule has 3 aromatic rings. The summed E-state index contributed by atoms with van der Waals surface area (Å²) in [6, 6.07) is 16.9. The van der Waals surface area contributed by atoms with E-state index in [1.54, 1.807) is 20.2 Å². The van der Waals surface area contributed by atoms with Crippen molar-refractivity contribution in [2.45, 2.75) is 11.8 Å². The number of pyridine rings is 1. The van der Waals surface area contributed by atoms with E-state index in [1.807, 2.05) is 54.6 Å². The minimum Gasteiger partial charge on any atom is -0.497 e. The molecule has 0 aliphatic rings. The highest BCUT2D eigenvalue weighted by Crippen LogP contribution is 2.28. The molecule has 0 fully saturated rings. The number of hydrazone groups is 1. The van der Waals surface area contributed by atoms with Crippen molar-refractivity contribution in [1.82, 2.24) is 4.98 Å². The molecule has 0 aliphatic heterocycles. The number of ether oxygens (including phenoxy) is 2. The van der Waals surface area contributed by atoms with Crippen molar-refractivity contribution in [1.29, 1.82) is 0 Å². The van der Waals surface area contributed by atoms with Crippen molar-refractivity contribution in [2.75, 3.05) is 19.1 Å². The van der Waals surface area contributed by atoms with Crippen molar-refractivity contribution in [3.63, 3.8) is 0 Å². The first kappa shape index (κ1) is 18.7. The van der Waals surface area contributed by atoms with Crippen molar-refractivity contribution < 1.29 is 14.3 Å². The lowest BCUT2D eigenvalue weighted by Gasteiger charge is -2.09. The van der Waals surface area contributed by atoms with Gasteiger partial charge in [0.25, 0.3) is 0 Å². The van der Waals surface area contributed by atoms with Gasteiger partial charge in [-0.3, -0.25) is 10.4 Å². The summed E-state index contributed by atoms with van der Waals surface area (Å²) in [5, 5.41) is 5.45. The van der Waals surface area contributed by atoms with Crippen LogP contribution in [-0.4, -0.2) is 29.7 Å². The normalized spacial score (nSPS) is 11.3. The minimum atomic E-state index is -0.489. The van der Waals surface area contributed by atoms with E-state index in [-0.39, 0.29) is 11.7 Å². The van der Waals surface area contributed by atoms with Gasteiger partial charge in [-0.05, 0) is 43.3 Å². The van der Waals surface area contributed by atoms with Gasteiger partial charge in [-0.25, -0.2) is 4.79 Å². The van der Waals surface area contributed by atoms with Crippen LogP contribution in [0.1, 0.15) is 6.92 Å². The third kappa shape index (κ3) is 4.77. The summed E-state index contributed by atoms with van der Waals surface area (Å²) >= 11 is 1.22. The van der Waals surface area contributed by atoms with Gasteiger partial charge < -0.3 is 9.47 Å². The maximum Gasteiger partial charge on any atom is 0.365 e. The molecular weight excluding hydrogens is 362 g/mol. The number of para-hydroxylation sites is 1. The number of thioether (sulfide) groups is 1. The van der Waals surface area contributed by atoms with E-state index >= 15 is 0 Å². The first-order chi connectivity index (χ1) is 13.2. The zero-order chi connectivity index (χ0) is 19.1. The molecule has 1 aromatic heterocycles. The lowest BCUT2D eigenvalue weighted by Crippen LogP contribution is -2.16. The van der Waals surface area contributed by atoms with Crippen LogP contribution in [0.5, 0.6) is 5.75 Å². The summed E-state index contributed by atoms with van der Waals surface area (Å²) in [7, 11) is 1.61. The van der Waals surface area contributed by atoms with Gasteiger partial charge in [0, 0.05) is 16.5 Å². The summed E-state index contributed by atoms with van der Waals surface area (Å²) in [5.41, 5.74) is 4.44. The van der Waals surface area contributed by atoms with Crippen LogP contribution in [0.2, 0.25) is 0 Å². The van der Waals surface area contributed by atoms with E-state index in [1.165, 1.54) is 11.8 Å². The Labute approximate surface area is 161 Å². The number of esters is 1. The minimum absolute atomic E-state index is 0.200. The Morgan fingerprint density at radius 2 is 1.93 bits per heavy atom. The van der Waals surface area contributed by atoms with Crippen LogP contribution in [0, 0.1) is 0 Å². The molecule has 0 bridgehead atoms. The van der Waals surface area contributed by atoms with Crippen LogP contribution in [0.15, 0.2) is 70.8 Å². The van der Waals surface area contributed by atoms with Gasteiger partial charge in [0.05, 0.1) is 24.9 Å². The fraction of sp³-hybridized carbons (Fsp3) is 0.150. The Hall–Kier alpha value is -3.06. The molecule has 0 amide bonds. The number of fused-ring (bicyclic) bond motifs is 1. The van der Waals surface area contributed by atoms with Crippen molar-refractivity contribution in [2.24, 2.45) is 5.10 Å². The number of rotatable bonds is 5. The largest absolute Gasteiger partial charge is 0.497 e. The molecule has 27 heavy (non-hydrogen) atoms. The Kier molecular flexibility index (Phi) is 6.27. The zero-order valence-electron chi connectivity index (χ0n) is 15.0. The predicted molar refractivity (Wildman–Crippen MR) is 108 cm³/mol. The zero-order valence-corrected chi connectivity index (χ0v) is 15.8. The van der Waals surface area contributed by atoms with E-state index < -0.39 is 5.97 Å². The van der Waals surface area contributed by atoms with Crippen molar-refractivity contribution >= 4 is 39.4 Å². The number of anilines is 1. The third-order valence-corrected chi connectivity index (χ3v) is 4.63. The fourth-order valence-corrected chi connectivity index (χ4v) is 3.20. The molecule has 0 unspecified atom stereocenters. The number of hydrogen-bond acceptors (Lipinski definition) is 7. The van der Waals surface area contributed by atoms with Crippen LogP contribution in [0.25, 0.3) is 10.9 Å². The Morgan fingerprint density at radius 1 is 1.15 bits per heavy atom. The Bertz CT molecular complexity index is 953. The molecule has 138 valence electrons. The number of hydrogen-bond donors (Lipinski definition) is 1. The van der Waals surface area contributed by atoms with Crippen LogP contribution >= 0.6 is 11.8 Å². The van der Waals surface area contributed by atoms with Crippen molar-refractivity contribution in [3.8, 4) is 5.75 Å². The smallest absolute Gasteiger partial charge is 0.365 e. The third-order valence-electron chi connectivity index (χ3n) is 3.63. The van der Waals surface area contributed by atoms with E-state index in [0.717, 1.165) is 27.2 Å². The summed E-state index contributed by atoms with van der Waals surface area (Å²) in [5.74, 6) is 0.253. The highest BCUT2D eigenvalue weighted by Gasteiger charge is 2.17. The van der Waals surface area contributed by atoms with E-state index in [2.05, 4.69) is 15.5 Å². The first-order valence-electron chi connectivity index (χ1n) is 8.37. The number of benzene rings is 2. The van der Waals surface area contributed by atoms with Gasteiger partial charge in [0.1, 0.15) is 5.75 Å². The predicted octanol–water partition coefficient (Wildman–Crippen LogP) is 4.32. The van der Waals surface area contributed by atoms with E-state index in [0.29, 0.717) is 0 Å². The molecule has 0 spiro atoms. The number of nitrogens with one attached hydrogen (secondary N) is 1. The second-order valence-electron chi connectivity index (χ2n) is 5.41. The molecular formula is C20H19N3O3S. The summed E-state index contributed by atoms with van der Waals surface area (Å²) < 4.78 is 10.3. The number of aromatic nitrogens is 1. The van der Waals surface area contributed by atoms with Gasteiger partial charge in [-0.15, -0.1) is 0 Å². The molecule has 0 atom stereocenters. The van der Waals surface area contributed by atoms with E-state index in [9.17, 15) is 4.79 Å². The van der Waals surface area contributed by atoms with Crippen LogP contribution in [-0.2, 0) is 9.53 Å². The molecule has 0 aliphatic carbocycles. The van der Waals surface area contributed by atoms with Gasteiger partial charge in [0.2, 0.25) is 5.04 Å². The lowest BCUT2D eigenvalue weighted by atomic mass is 10.2. The molecule has 0 saturated heterocycles. The quantitative estimate of drug-likeness (QED) is 0.233. The molecule has 1 heterocycles. The van der Waals surface area contributed by atoms with Crippen LogP contribution < -0.4 is 10.2 Å². The summed E-state index contributed by atoms with van der Waals surface area (Å²) in [4.78, 5) is 17.6. The monoisotopic (exact) mass is 381 g/mol. The molecule has 2 aromatic carbocycles. The molecule has 7 heteroatoms. The molecule has 0 saturated carbocycles. The first-order valence-corrected chi connectivity index (χ1v) is 9.19. The topological polar surface area (TPSA) is 72.8 Å². The lowest BCUT2D eigenvalue weighted by molar-refractivity contribution is -0.134. The van der Waals surface area contributed by atoms with Gasteiger partial charge in [-0.1, -0.05) is 30.0 Å². The molecule has 3 rings (SSSR count). The van der Waals surface area contributed by atoms with Gasteiger partial charge in [0.15, 0.2) is 0 Å². The highest BCUT2D eigenvalue weighted by atomic mass is 32.2. The average Bonchev–Trinajstić information content (AvgIpc) is 2.71. The summed E-state index contributed by atoms with van der Waals surface area (Å²) in [6.07, 6.45) is 1.73. The van der Waals surface area contributed by atoms with Gasteiger partial charge in [-0.2, -0.15) is 5.10 Å². The summed E-state index contributed by atoms with van der Waals surface area (Å²) in [6.45, 7) is 2.03. The second kappa shape index (κ2) is 9.05. The fourth-order valence-electron chi connectivity index (χ4n) is 2.35. The number of methoxy groups -OCH3 is 1. The van der Waals surface area contributed by atoms with E-state index in [4.69, 9.17) is 9.47 Å². The SMILES string of the molecule is CCOC(=O)/C(=N/Nc1ccc(OC)cc1)Sc1cccc2cccnc12. The number of carbonyl (C=O) groups excluding carboxylic acids is 1. The number of nitrogens with zero attached hydrogens (tertiary/aromatic N) is 2. The highest BCUT2D eigenvalue weighted by molar-refractivity contribution is 8.15. The van der Waals surface area contributed by atoms with Crippen LogP contribution in [0.3, 0.4) is 0 Å². The Balaban J connectivity index is 1.87. The Morgan fingerprint density at radius 3 is 2.67 bits per heavy atom. The molecule has 0 radical (unpaired) electrons. The maximum absolute atomic E-state index is 12.4. The standard InChI is InChI=1S/C20H19N3O3S/c1-3-26-20(24)19(23-22-15-9-11-16(25-2)12-10-15)27-17-8-4-6-14-7-5-13-21-18(14)17/h4-13,22H,3H2,1-2H3/b23-19-.